The maximum absolute atomic E-state index is 13.1. The first kappa shape index (κ1) is 18.1. The molecule has 1 N–H and O–H groups in total. The van der Waals surface area contributed by atoms with E-state index in [-0.39, 0.29) is 31.2 Å². The van der Waals surface area contributed by atoms with E-state index in [1.807, 2.05) is 0 Å². The fourth-order valence-electron chi connectivity index (χ4n) is 2.17. The van der Waals surface area contributed by atoms with Crippen LogP contribution in [-0.4, -0.2) is 11.1 Å². The Bertz CT molecular complexity index is 814. The molecule has 0 aliphatic carbocycles. The Morgan fingerprint density at radius 2 is 1.43 bits per heavy atom. The molecule has 0 amide bonds. The standard InChI is InChI=1S/C16H9Cl4FO2/c1-2-9(7-3-5-8(21)6-4-7)10-11(16(22)23)13(18)15(20)14(19)12(10)17/h2-6H,1H3,(H,22,23)/b9-2+. The Hall–Kier alpha value is -1.26. The van der Waals surface area contributed by atoms with Crippen LogP contribution in [0, 0.1) is 5.82 Å². The lowest BCUT2D eigenvalue weighted by atomic mass is 9.93. The van der Waals surface area contributed by atoms with Gasteiger partial charge in [0.05, 0.1) is 25.7 Å². The first-order chi connectivity index (χ1) is 10.8. The lowest BCUT2D eigenvalue weighted by molar-refractivity contribution is 0.0697. The Labute approximate surface area is 152 Å². The van der Waals surface area contributed by atoms with Crippen LogP contribution in [0.2, 0.25) is 20.1 Å². The van der Waals surface area contributed by atoms with Crippen molar-refractivity contribution in [1.29, 1.82) is 0 Å². The summed E-state index contributed by atoms with van der Waals surface area (Å²) in [5.41, 5.74) is 0.886. The third kappa shape index (κ3) is 3.33. The van der Waals surface area contributed by atoms with E-state index in [4.69, 9.17) is 46.4 Å². The Morgan fingerprint density at radius 1 is 0.957 bits per heavy atom. The van der Waals surface area contributed by atoms with Gasteiger partial charge in [-0.2, -0.15) is 0 Å². The van der Waals surface area contributed by atoms with Crippen LogP contribution in [0.4, 0.5) is 4.39 Å². The molecule has 0 heterocycles. The van der Waals surface area contributed by atoms with Crippen LogP contribution in [0.3, 0.4) is 0 Å². The molecule has 120 valence electrons. The normalized spacial score (nSPS) is 11.7. The molecule has 2 rings (SSSR count). The Balaban J connectivity index is 2.84. The summed E-state index contributed by atoms with van der Waals surface area (Å²) < 4.78 is 13.1. The van der Waals surface area contributed by atoms with Crippen LogP contribution in [0.15, 0.2) is 30.3 Å². The maximum atomic E-state index is 13.1. The molecule has 0 atom stereocenters. The van der Waals surface area contributed by atoms with Gasteiger partial charge >= 0.3 is 5.97 Å². The number of carboxylic acid groups (broad SMARTS) is 1. The summed E-state index contributed by atoms with van der Waals surface area (Å²) in [7, 11) is 0. The molecule has 0 saturated carbocycles. The van der Waals surface area contributed by atoms with Gasteiger partial charge < -0.3 is 5.11 Å². The van der Waals surface area contributed by atoms with Gasteiger partial charge in [-0.1, -0.05) is 64.6 Å². The average Bonchev–Trinajstić information content (AvgIpc) is 2.52. The predicted molar refractivity (Wildman–Crippen MR) is 92.6 cm³/mol. The highest BCUT2D eigenvalue weighted by molar-refractivity contribution is 6.53. The van der Waals surface area contributed by atoms with Crippen LogP contribution in [-0.2, 0) is 0 Å². The van der Waals surface area contributed by atoms with Gasteiger partial charge in [0.25, 0.3) is 0 Å². The quantitative estimate of drug-likeness (QED) is 0.471. The third-order valence-electron chi connectivity index (χ3n) is 3.19. The van der Waals surface area contributed by atoms with E-state index in [0.29, 0.717) is 11.1 Å². The maximum Gasteiger partial charge on any atom is 0.337 e. The van der Waals surface area contributed by atoms with Crippen molar-refractivity contribution in [2.75, 3.05) is 0 Å². The van der Waals surface area contributed by atoms with E-state index in [2.05, 4.69) is 0 Å². The molecule has 0 spiro atoms. The zero-order valence-electron chi connectivity index (χ0n) is 11.6. The highest BCUT2D eigenvalue weighted by Gasteiger charge is 2.27. The molecule has 0 aliphatic rings. The Kier molecular flexibility index (Phi) is 5.58. The first-order valence-electron chi connectivity index (χ1n) is 6.31. The van der Waals surface area contributed by atoms with E-state index in [1.54, 1.807) is 13.0 Å². The Morgan fingerprint density at radius 3 is 1.87 bits per heavy atom. The van der Waals surface area contributed by atoms with Crippen molar-refractivity contribution >= 4 is 57.9 Å². The van der Waals surface area contributed by atoms with Gasteiger partial charge in [0.15, 0.2) is 0 Å². The molecular formula is C16H9Cl4FO2. The minimum atomic E-state index is -1.30. The largest absolute Gasteiger partial charge is 0.478 e. The molecule has 23 heavy (non-hydrogen) atoms. The highest BCUT2D eigenvalue weighted by atomic mass is 35.5. The molecular weight excluding hydrogens is 385 g/mol. The number of hydrogen-bond acceptors (Lipinski definition) is 1. The van der Waals surface area contributed by atoms with Crippen LogP contribution in [0.5, 0.6) is 0 Å². The first-order valence-corrected chi connectivity index (χ1v) is 7.82. The predicted octanol–water partition coefficient (Wildman–Crippen LogP) is 6.59. The van der Waals surface area contributed by atoms with Crippen molar-refractivity contribution in [3.05, 3.63) is 72.9 Å². The average molecular weight is 394 g/mol. The summed E-state index contributed by atoms with van der Waals surface area (Å²) in [5, 5.41) is 9.08. The number of aromatic carboxylic acids is 1. The van der Waals surface area contributed by atoms with E-state index in [9.17, 15) is 14.3 Å². The molecule has 0 aromatic heterocycles. The summed E-state index contributed by atoms with van der Waals surface area (Å²) in [5.74, 6) is -1.71. The van der Waals surface area contributed by atoms with Gasteiger partial charge in [-0.25, -0.2) is 9.18 Å². The van der Waals surface area contributed by atoms with Crippen molar-refractivity contribution in [3.8, 4) is 0 Å². The second kappa shape index (κ2) is 7.10. The topological polar surface area (TPSA) is 37.3 Å². The van der Waals surface area contributed by atoms with Crippen LogP contribution in [0.25, 0.3) is 5.57 Å². The van der Waals surface area contributed by atoms with Gasteiger partial charge in [-0.05, 0) is 30.2 Å². The number of benzene rings is 2. The van der Waals surface area contributed by atoms with Crippen molar-refractivity contribution < 1.29 is 14.3 Å². The summed E-state index contributed by atoms with van der Waals surface area (Å²) in [4.78, 5) is 11.6. The zero-order chi connectivity index (χ0) is 17.3. The molecule has 0 bridgehead atoms. The zero-order valence-corrected chi connectivity index (χ0v) is 14.7. The van der Waals surface area contributed by atoms with Crippen molar-refractivity contribution in [1.82, 2.24) is 0 Å². The van der Waals surface area contributed by atoms with E-state index < -0.39 is 11.8 Å². The molecule has 0 radical (unpaired) electrons. The highest BCUT2D eigenvalue weighted by Crippen LogP contribution is 2.45. The molecule has 2 aromatic carbocycles. The molecule has 0 saturated heterocycles. The summed E-state index contributed by atoms with van der Waals surface area (Å²) in [6.45, 7) is 1.69. The molecule has 0 aliphatic heterocycles. The van der Waals surface area contributed by atoms with Crippen LogP contribution >= 0.6 is 46.4 Å². The summed E-state index contributed by atoms with van der Waals surface area (Å²) in [6.07, 6.45) is 1.64. The monoisotopic (exact) mass is 392 g/mol. The lowest BCUT2D eigenvalue weighted by Crippen LogP contribution is -2.06. The van der Waals surface area contributed by atoms with Crippen LogP contribution in [0.1, 0.15) is 28.4 Å². The molecule has 0 fully saturated rings. The second-order valence-corrected chi connectivity index (χ2v) is 6.03. The summed E-state index contributed by atoms with van der Waals surface area (Å²) in [6, 6.07) is 5.52. The second-order valence-electron chi connectivity index (χ2n) is 4.52. The van der Waals surface area contributed by atoms with Crippen molar-refractivity contribution in [2.45, 2.75) is 6.92 Å². The minimum Gasteiger partial charge on any atom is -0.478 e. The van der Waals surface area contributed by atoms with Gasteiger partial charge in [0.2, 0.25) is 0 Å². The van der Waals surface area contributed by atoms with Gasteiger partial charge in [-0.15, -0.1) is 0 Å². The van der Waals surface area contributed by atoms with Crippen molar-refractivity contribution in [3.63, 3.8) is 0 Å². The third-order valence-corrected chi connectivity index (χ3v) is 5.00. The van der Waals surface area contributed by atoms with Gasteiger partial charge in [0.1, 0.15) is 5.82 Å². The van der Waals surface area contributed by atoms with Crippen LogP contribution < -0.4 is 0 Å². The smallest absolute Gasteiger partial charge is 0.337 e. The lowest BCUT2D eigenvalue weighted by Gasteiger charge is -2.17. The number of rotatable bonds is 3. The number of carbonyl (C=O) groups is 1. The SMILES string of the molecule is C/C=C(\c1ccc(F)cc1)c1c(Cl)c(Cl)c(Cl)c(Cl)c1C(=O)O. The molecule has 0 unspecified atom stereocenters. The fourth-order valence-corrected chi connectivity index (χ4v) is 3.21. The molecule has 2 nitrogen and oxygen atoms in total. The number of carboxylic acids is 1. The molecule has 7 heteroatoms. The number of hydrogen-bond donors (Lipinski definition) is 1. The van der Waals surface area contributed by atoms with E-state index in [1.165, 1.54) is 24.3 Å². The van der Waals surface area contributed by atoms with E-state index >= 15 is 0 Å². The van der Waals surface area contributed by atoms with Gasteiger partial charge in [0, 0.05) is 5.56 Å². The number of halogens is 5. The minimum absolute atomic E-state index is 0.0316. The van der Waals surface area contributed by atoms with E-state index in [0.717, 1.165) is 0 Å². The molecule has 2 aromatic rings. The fraction of sp³-hybridized carbons (Fsp3) is 0.0625. The van der Waals surface area contributed by atoms with Crippen molar-refractivity contribution in [2.24, 2.45) is 0 Å². The summed E-state index contributed by atoms with van der Waals surface area (Å²) >= 11 is 24.3. The number of allylic oxidation sites excluding steroid dienone is 1. The van der Waals surface area contributed by atoms with Gasteiger partial charge in [-0.3, -0.25) is 0 Å².